The molecule has 0 radical (unpaired) electrons. The second-order valence-corrected chi connectivity index (χ2v) is 12.8. The highest BCUT2D eigenvalue weighted by Gasteiger charge is 2.21. The molecule has 0 heterocycles. The first-order chi connectivity index (χ1) is 23.8. The summed E-state index contributed by atoms with van der Waals surface area (Å²) < 4.78 is 0. The lowest BCUT2D eigenvalue weighted by Gasteiger charge is -2.21. The Bertz CT molecular complexity index is 2790. The number of rotatable bonds is 4. The highest BCUT2D eigenvalue weighted by molar-refractivity contribution is 6.41. The molecule has 0 saturated heterocycles. The molecule has 10 aromatic rings. The van der Waals surface area contributed by atoms with Gasteiger partial charge in [0, 0.05) is 0 Å². The summed E-state index contributed by atoms with van der Waals surface area (Å²) >= 11 is 0. The molecule has 0 fully saturated rings. The monoisotopic (exact) mass is 606 g/mol. The van der Waals surface area contributed by atoms with E-state index in [1.165, 1.54) is 98.4 Å². The molecule has 0 aliphatic carbocycles. The SMILES string of the molecule is c1ccc(-c2ccc(-c3c4ccccc4c4c5ccc(-c6ccccc6-c6ccccc6)c6cccc(c7cccc3c74)c65)cc2)cc1. The third-order valence-corrected chi connectivity index (χ3v) is 10.2. The quantitative estimate of drug-likeness (QED) is 0.138. The molecule has 0 saturated carbocycles. The smallest absolute Gasteiger partial charge is 0.00137 e. The van der Waals surface area contributed by atoms with Gasteiger partial charge in [0.15, 0.2) is 0 Å². The second kappa shape index (κ2) is 10.7. The van der Waals surface area contributed by atoms with E-state index in [1.54, 1.807) is 0 Å². The summed E-state index contributed by atoms with van der Waals surface area (Å²) in [7, 11) is 0. The first-order valence-electron chi connectivity index (χ1n) is 16.7. The van der Waals surface area contributed by atoms with Crippen LogP contribution in [0.1, 0.15) is 0 Å². The predicted octanol–water partition coefficient (Wildman–Crippen LogP) is 13.6. The molecule has 10 aromatic carbocycles. The van der Waals surface area contributed by atoms with E-state index in [1.807, 2.05) is 0 Å². The van der Waals surface area contributed by atoms with E-state index in [-0.39, 0.29) is 0 Å². The number of hydrogen-bond donors (Lipinski definition) is 0. The molecule has 48 heavy (non-hydrogen) atoms. The predicted molar refractivity (Wildman–Crippen MR) is 207 cm³/mol. The molecule has 0 aromatic heterocycles. The highest BCUT2D eigenvalue weighted by atomic mass is 14.2. The molecule has 222 valence electrons. The van der Waals surface area contributed by atoms with Gasteiger partial charge in [-0.25, -0.2) is 0 Å². The Morgan fingerprint density at radius 2 is 0.667 bits per heavy atom. The molecule has 0 aliphatic rings. The summed E-state index contributed by atoms with van der Waals surface area (Å²) in [5.41, 5.74) is 10.0. The minimum atomic E-state index is 1.23. The number of hydrogen-bond acceptors (Lipinski definition) is 0. The van der Waals surface area contributed by atoms with E-state index in [4.69, 9.17) is 0 Å². The fourth-order valence-corrected chi connectivity index (χ4v) is 8.17. The molecule has 10 rings (SSSR count). The maximum absolute atomic E-state index is 2.38. The Kier molecular flexibility index (Phi) is 5.98. The van der Waals surface area contributed by atoms with Crippen molar-refractivity contribution in [2.75, 3.05) is 0 Å². The maximum Gasteiger partial charge on any atom is -0.00137 e. The van der Waals surface area contributed by atoms with Crippen molar-refractivity contribution >= 4 is 53.9 Å². The van der Waals surface area contributed by atoms with Gasteiger partial charge >= 0.3 is 0 Å². The topological polar surface area (TPSA) is 0 Å². The Hall–Kier alpha value is -6.24. The van der Waals surface area contributed by atoms with Gasteiger partial charge in [-0.15, -0.1) is 0 Å². The van der Waals surface area contributed by atoms with Gasteiger partial charge in [0.05, 0.1) is 0 Å². The van der Waals surface area contributed by atoms with Crippen LogP contribution in [0.25, 0.3) is 98.4 Å². The summed E-state index contributed by atoms with van der Waals surface area (Å²) in [6, 6.07) is 66.8. The van der Waals surface area contributed by atoms with Crippen LogP contribution in [0, 0.1) is 0 Å². The van der Waals surface area contributed by atoms with Crippen molar-refractivity contribution in [2.24, 2.45) is 0 Å². The van der Waals surface area contributed by atoms with E-state index in [2.05, 4.69) is 182 Å². The van der Waals surface area contributed by atoms with Crippen LogP contribution >= 0.6 is 0 Å². The molecule has 0 atom stereocenters. The highest BCUT2D eigenvalue weighted by Crippen LogP contribution is 2.49. The van der Waals surface area contributed by atoms with E-state index < -0.39 is 0 Å². The molecule has 0 spiro atoms. The van der Waals surface area contributed by atoms with Crippen LogP contribution in [0.2, 0.25) is 0 Å². The third-order valence-electron chi connectivity index (χ3n) is 10.2. The van der Waals surface area contributed by atoms with Gasteiger partial charge in [-0.1, -0.05) is 182 Å². The van der Waals surface area contributed by atoms with E-state index in [0.717, 1.165) is 0 Å². The van der Waals surface area contributed by atoms with Gasteiger partial charge in [0.1, 0.15) is 0 Å². The lowest BCUT2D eigenvalue weighted by Crippen LogP contribution is -1.93. The fourth-order valence-electron chi connectivity index (χ4n) is 8.17. The minimum absolute atomic E-state index is 1.23. The Morgan fingerprint density at radius 3 is 1.42 bits per heavy atom. The van der Waals surface area contributed by atoms with Crippen molar-refractivity contribution in [3.8, 4) is 44.5 Å². The zero-order valence-corrected chi connectivity index (χ0v) is 26.3. The van der Waals surface area contributed by atoms with Crippen LogP contribution in [-0.2, 0) is 0 Å². The molecular weight excluding hydrogens is 577 g/mol. The third kappa shape index (κ3) is 3.96. The zero-order valence-electron chi connectivity index (χ0n) is 26.3. The van der Waals surface area contributed by atoms with Crippen LogP contribution in [0.15, 0.2) is 182 Å². The van der Waals surface area contributed by atoms with Crippen molar-refractivity contribution in [3.63, 3.8) is 0 Å². The van der Waals surface area contributed by atoms with Crippen molar-refractivity contribution in [1.82, 2.24) is 0 Å². The van der Waals surface area contributed by atoms with Crippen molar-refractivity contribution in [3.05, 3.63) is 182 Å². The van der Waals surface area contributed by atoms with Crippen LogP contribution in [0.3, 0.4) is 0 Å². The lowest BCUT2D eigenvalue weighted by molar-refractivity contribution is 1.60. The molecular formula is C48H30. The summed E-state index contributed by atoms with van der Waals surface area (Å²) in [6.07, 6.45) is 0. The van der Waals surface area contributed by atoms with E-state index >= 15 is 0 Å². The minimum Gasteiger partial charge on any atom is -0.0622 e. The van der Waals surface area contributed by atoms with Gasteiger partial charge in [-0.2, -0.15) is 0 Å². The molecule has 0 amide bonds. The Balaban J connectivity index is 1.29. The summed E-state index contributed by atoms with van der Waals surface area (Å²) in [4.78, 5) is 0. The normalized spacial score (nSPS) is 11.8. The van der Waals surface area contributed by atoms with Crippen LogP contribution in [-0.4, -0.2) is 0 Å². The lowest BCUT2D eigenvalue weighted by atomic mass is 9.82. The van der Waals surface area contributed by atoms with Gasteiger partial charge in [-0.3, -0.25) is 0 Å². The van der Waals surface area contributed by atoms with Crippen LogP contribution in [0.4, 0.5) is 0 Å². The largest absolute Gasteiger partial charge is 0.0622 e. The van der Waals surface area contributed by atoms with Crippen LogP contribution < -0.4 is 0 Å². The summed E-state index contributed by atoms with van der Waals surface area (Å²) in [5, 5.41) is 13.1. The van der Waals surface area contributed by atoms with Crippen molar-refractivity contribution in [2.45, 2.75) is 0 Å². The van der Waals surface area contributed by atoms with Crippen molar-refractivity contribution < 1.29 is 0 Å². The second-order valence-electron chi connectivity index (χ2n) is 12.8. The fraction of sp³-hybridized carbons (Fsp3) is 0. The first kappa shape index (κ1) is 26.9. The average Bonchev–Trinajstić information content (AvgIpc) is 3.17. The van der Waals surface area contributed by atoms with E-state index in [9.17, 15) is 0 Å². The van der Waals surface area contributed by atoms with Gasteiger partial charge in [0.2, 0.25) is 0 Å². The molecule has 0 N–H and O–H groups in total. The Morgan fingerprint density at radius 1 is 0.188 bits per heavy atom. The van der Waals surface area contributed by atoms with Crippen molar-refractivity contribution in [1.29, 1.82) is 0 Å². The molecule has 0 aliphatic heterocycles. The average molecular weight is 607 g/mol. The van der Waals surface area contributed by atoms with Gasteiger partial charge in [0.25, 0.3) is 0 Å². The first-order valence-corrected chi connectivity index (χ1v) is 16.7. The number of fused-ring (bicyclic) bond motifs is 4. The molecule has 0 nitrogen and oxygen atoms in total. The summed E-state index contributed by atoms with van der Waals surface area (Å²) in [5.74, 6) is 0. The summed E-state index contributed by atoms with van der Waals surface area (Å²) in [6.45, 7) is 0. The zero-order chi connectivity index (χ0) is 31.6. The maximum atomic E-state index is 2.38. The molecule has 0 heteroatoms. The van der Waals surface area contributed by atoms with Gasteiger partial charge < -0.3 is 0 Å². The molecule has 0 bridgehead atoms. The molecule has 0 unspecified atom stereocenters. The standard InChI is InChI=1S/C48H30/c1-3-13-31(14-4-1)32-25-27-34(28-26-32)45-39-19-9-10-20-41(39)48-44-30-29-37(36-18-8-7-17-35(36)33-15-5-2-6-16-33)38-21-11-22-40(46(38)44)42-23-12-24-43(45)47(42)48/h1-30H. The number of benzene rings is 10. The van der Waals surface area contributed by atoms with Crippen LogP contribution in [0.5, 0.6) is 0 Å². The van der Waals surface area contributed by atoms with E-state index in [0.29, 0.717) is 0 Å². The van der Waals surface area contributed by atoms with Gasteiger partial charge in [-0.05, 0) is 98.4 Å². The Labute approximate surface area is 279 Å².